The van der Waals surface area contributed by atoms with Crippen molar-refractivity contribution in [3.05, 3.63) is 59.4 Å². The Morgan fingerprint density at radius 1 is 1.26 bits per heavy atom. The fourth-order valence-electron chi connectivity index (χ4n) is 3.25. The van der Waals surface area contributed by atoms with Crippen LogP contribution in [0.5, 0.6) is 0 Å². The molecular weight excluding hydrogens is 387 g/mol. The molecule has 1 unspecified atom stereocenters. The van der Waals surface area contributed by atoms with Gasteiger partial charge in [-0.3, -0.25) is 4.79 Å². The van der Waals surface area contributed by atoms with Gasteiger partial charge in [0.2, 0.25) is 0 Å². The number of nitrogens with zero attached hydrogens (tertiary/aromatic N) is 3. The summed E-state index contributed by atoms with van der Waals surface area (Å²) in [6.07, 6.45) is 3.45. The van der Waals surface area contributed by atoms with Crippen molar-refractivity contribution in [3.63, 3.8) is 0 Å². The van der Waals surface area contributed by atoms with E-state index in [-0.39, 0.29) is 24.4 Å². The summed E-state index contributed by atoms with van der Waals surface area (Å²) >= 11 is 6.13. The van der Waals surface area contributed by atoms with Gasteiger partial charge in [0.1, 0.15) is 5.69 Å². The number of carbonyl (C=O) groups is 1. The Balaban J connectivity index is 0.00000210. The van der Waals surface area contributed by atoms with Gasteiger partial charge in [-0.05, 0) is 43.2 Å². The van der Waals surface area contributed by atoms with Gasteiger partial charge in [0.15, 0.2) is 11.5 Å². The molecule has 2 N–H and O–H groups in total. The zero-order valence-electron chi connectivity index (χ0n) is 14.5. The first kappa shape index (κ1) is 19.5. The maximum atomic E-state index is 12.9. The summed E-state index contributed by atoms with van der Waals surface area (Å²) in [5, 5.41) is 5.14. The first-order valence-corrected chi connectivity index (χ1v) is 8.94. The standard InChI is InChI=1S/C19H19ClN4O2.ClH/c20-13-4-1-6-15(10-13)24-17(18-7-3-9-26-18)11-16(22-24)19(25)23-8-2-5-14(21)12-23;/h1,3-4,6-7,9-11,14H,2,5,8,12,21H2;1H. The monoisotopic (exact) mass is 406 g/mol. The van der Waals surface area contributed by atoms with Crippen LogP contribution >= 0.6 is 24.0 Å². The van der Waals surface area contributed by atoms with Gasteiger partial charge in [0.25, 0.3) is 5.91 Å². The topological polar surface area (TPSA) is 77.3 Å². The molecule has 1 aliphatic rings. The predicted octanol–water partition coefficient (Wildman–Crippen LogP) is 3.77. The van der Waals surface area contributed by atoms with E-state index in [1.807, 2.05) is 18.2 Å². The van der Waals surface area contributed by atoms with Crippen molar-refractivity contribution in [3.8, 4) is 17.1 Å². The number of hydrogen-bond acceptors (Lipinski definition) is 4. The lowest BCUT2D eigenvalue weighted by Gasteiger charge is -2.30. The molecule has 3 aromatic rings. The van der Waals surface area contributed by atoms with Gasteiger partial charge in [0, 0.05) is 30.2 Å². The minimum Gasteiger partial charge on any atom is -0.463 e. The number of halogens is 2. The molecule has 0 aliphatic carbocycles. The van der Waals surface area contributed by atoms with Gasteiger partial charge >= 0.3 is 0 Å². The van der Waals surface area contributed by atoms with Gasteiger partial charge in [-0.1, -0.05) is 17.7 Å². The molecule has 27 heavy (non-hydrogen) atoms. The Kier molecular flexibility index (Phi) is 5.89. The lowest BCUT2D eigenvalue weighted by Crippen LogP contribution is -2.45. The fraction of sp³-hybridized carbons (Fsp3) is 0.263. The summed E-state index contributed by atoms with van der Waals surface area (Å²) in [6.45, 7) is 1.26. The minimum atomic E-state index is -0.117. The van der Waals surface area contributed by atoms with Crippen LogP contribution < -0.4 is 5.73 Å². The van der Waals surface area contributed by atoms with Gasteiger partial charge in [0.05, 0.1) is 12.0 Å². The minimum absolute atomic E-state index is 0. The molecule has 1 aromatic carbocycles. The summed E-state index contributed by atoms with van der Waals surface area (Å²) in [4.78, 5) is 14.7. The van der Waals surface area contributed by atoms with Gasteiger partial charge in [-0.2, -0.15) is 5.10 Å². The summed E-state index contributed by atoms with van der Waals surface area (Å²) in [5.41, 5.74) is 7.84. The molecule has 1 aliphatic heterocycles. The molecule has 2 aromatic heterocycles. The number of furan rings is 1. The molecule has 0 spiro atoms. The third-order valence-corrected chi connectivity index (χ3v) is 4.74. The quantitative estimate of drug-likeness (QED) is 0.717. The molecule has 0 radical (unpaired) electrons. The number of likely N-dealkylation sites (tertiary alicyclic amines) is 1. The average Bonchev–Trinajstić information content (AvgIpc) is 3.30. The molecular formula is C19H20Cl2N4O2. The smallest absolute Gasteiger partial charge is 0.274 e. The molecule has 1 amide bonds. The molecule has 1 fully saturated rings. The number of nitrogens with two attached hydrogens (primary N) is 1. The van der Waals surface area contributed by atoms with E-state index in [2.05, 4.69) is 5.10 Å². The van der Waals surface area contributed by atoms with E-state index in [1.165, 1.54) is 0 Å². The van der Waals surface area contributed by atoms with Gasteiger partial charge < -0.3 is 15.1 Å². The van der Waals surface area contributed by atoms with Crippen molar-refractivity contribution in [1.29, 1.82) is 0 Å². The second kappa shape index (κ2) is 8.17. The van der Waals surface area contributed by atoms with Crippen LogP contribution in [0.3, 0.4) is 0 Å². The molecule has 4 rings (SSSR count). The number of amides is 1. The first-order valence-electron chi connectivity index (χ1n) is 8.56. The van der Waals surface area contributed by atoms with Crippen LogP contribution in [0.4, 0.5) is 0 Å². The fourth-order valence-corrected chi connectivity index (χ4v) is 3.43. The van der Waals surface area contributed by atoms with Gasteiger partial charge in [-0.15, -0.1) is 12.4 Å². The lowest BCUT2D eigenvalue weighted by atomic mass is 10.1. The summed E-state index contributed by atoms with van der Waals surface area (Å²) in [5.74, 6) is 0.514. The maximum absolute atomic E-state index is 12.9. The third kappa shape index (κ3) is 4.03. The molecule has 0 saturated carbocycles. The number of carbonyl (C=O) groups excluding carboxylic acids is 1. The van der Waals surface area contributed by atoms with E-state index >= 15 is 0 Å². The van der Waals surface area contributed by atoms with E-state index in [0.717, 1.165) is 18.5 Å². The number of piperidine rings is 1. The summed E-state index contributed by atoms with van der Waals surface area (Å²) < 4.78 is 7.21. The van der Waals surface area contributed by atoms with Crippen molar-refractivity contribution in [2.24, 2.45) is 5.73 Å². The average molecular weight is 407 g/mol. The van der Waals surface area contributed by atoms with Crippen LogP contribution in [0.1, 0.15) is 23.3 Å². The Morgan fingerprint density at radius 3 is 2.81 bits per heavy atom. The number of rotatable bonds is 3. The SMILES string of the molecule is Cl.NC1CCCN(C(=O)c2cc(-c3ccco3)n(-c3cccc(Cl)c3)n2)C1. The molecule has 1 atom stereocenters. The highest BCUT2D eigenvalue weighted by molar-refractivity contribution is 6.30. The third-order valence-electron chi connectivity index (χ3n) is 4.50. The molecule has 6 nitrogen and oxygen atoms in total. The number of benzene rings is 1. The lowest BCUT2D eigenvalue weighted by molar-refractivity contribution is 0.0702. The van der Waals surface area contributed by atoms with Crippen molar-refractivity contribution in [2.45, 2.75) is 18.9 Å². The Labute approximate surface area is 168 Å². The van der Waals surface area contributed by atoms with E-state index < -0.39 is 0 Å². The number of aromatic nitrogens is 2. The van der Waals surface area contributed by atoms with Crippen LogP contribution in [-0.2, 0) is 0 Å². The number of hydrogen-bond donors (Lipinski definition) is 1. The van der Waals surface area contributed by atoms with Crippen molar-refractivity contribution in [1.82, 2.24) is 14.7 Å². The van der Waals surface area contributed by atoms with Crippen molar-refractivity contribution in [2.75, 3.05) is 13.1 Å². The summed E-state index contributed by atoms with van der Waals surface area (Å²) in [6, 6.07) is 12.7. The van der Waals surface area contributed by atoms with Crippen LogP contribution in [0, 0.1) is 0 Å². The summed E-state index contributed by atoms with van der Waals surface area (Å²) in [7, 11) is 0. The molecule has 1 saturated heterocycles. The normalized spacial score (nSPS) is 16.8. The Hall–Kier alpha value is -2.28. The largest absolute Gasteiger partial charge is 0.463 e. The van der Waals surface area contributed by atoms with E-state index in [9.17, 15) is 4.79 Å². The molecule has 0 bridgehead atoms. The van der Waals surface area contributed by atoms with Crippen molar-refractivity contribution < 1.29 is 9.21 Å². The highest BCUT2D eigenvalue weighted by atomic mass is 35.5. The van der Waals surface area contributed by atoms with Crippen molar-refractivity contribution >= 4 is 29.9 Å². The maximum Gasteiger partial charge on any atom is 0.274 e. The van der Waals surface area contributed by atoms with E-state index in [4.69, 9.17) is 21.8 Å². The molecule has 3 heterocycles. The predicted molar refractivity (Wildman–Crippen MR) is 107 cm³/mol. The van der Waals surface area contributed by atoms with Gasteiger partial charge in [-0.25, -0.2) is 4.68 Å². The van der Waals surface area contributed by atoms with Crippen LogP contribution in [-0.4, -0.2) is 39.7 Å². The van der Waals surface area contributed by atoms with E-state index in [1.54, 1.807) is 40.1 Å². The Bertz CT molecular complexity index is 924. The highest BCUT2D eigenvalue weighted by Gasteiger charge is 2.26. The zero-order valence-corrected chi connectivity index (χ0v) is 16.1. The van der Waals surface area contributed by atoms with Crippen LogP contribution in [0.2, 0.25) is 5.02 Å². The zero-order chi connectivity index (χ0) is 18.1. The molecule has 8 heteroatoms. The molecule has 142 valence electrons. The first-order chi connectivity index (χ1) is 12.6. The second-order valence-corrected chi connectivity index (χ2v) is 6.87. The van der Waals surface area contributed by atoms with Crippen LogP contribution in [0.25, 0.3) is 17.1 Å². The highest BCUT2D eigenvalue weighted by Crippen LogP contribution is 2.26. The second-order valence-electron chi connectivity index (χ2n) is 6.44. The van der Waals surface area contributed by atoms with E-state index in [0.29, 0.717) is 35.3 Å². The van der Waals surface area contributed by atoms with Crippen LogP contribution in [0.15, 0.2) is 53.1 Å². The Morgan fingerprint density at radius 2 is 2.11 bits per heavy atom.